The van der Waals surface area contributed by atoms with Gasteiger partial charge in [-0.25, -0.2) is 0 Å². The van der Waals surface area contributed by atoms with Crippen molar-refractivity contribution in [2.75, 3.05) is 5.32 Å². The van der Waals surface area contributed by atoms with Gasteiger partial charge in [-0.1, -0.05) is 40.2 Å². The van der Waals surface area contributed by atoms with Crippen molar-refractivity contribution in [3.63, 3.8) is 0 Å². The average Bonchev–Trinajstić information content (AvgIpc) is 2.73. The molecule has 5 nitrogen and oxygen atoms in total. The van der Waals surface area contributed by atoms with Gasteiger partial charge in [-0.05, 0) is 53.9 Å². The molecule has 2 N–H and O–H groups in total. The summed E-state index contributed by atoms with van der Waals surface area (Å²) in [7, 11) is 0. The van der Waals surface area contributed by atoms with Gasteiger partial charge in [0.05, 0.1) is 5.56 Å². The van der Waals surface area contributed by atoms with Crippen molar-refractivity contribution in [1.29, 1.82) is 0 Å². The fraction of sp³-hybridized carbons (Fsp3) is 0.136. The molecule has 2 amide bonds. The van der Waals surface area contributed by atoms with Crippen molar-refractivity contribution in [2.45, 2.75) is 19.4 Å². The molecule has 1 aromatic heterocycles. The van der Waals surface area contributed by atoms with E-state index >= 15 is 0 Å². The number of pyridine rings is 1. The molecule has 0 aliphatic heterocycles. The average molecular weight is 438 g/mol. The summed E-state index contributed by atoms with van der Waals surface area (Å²) in [4.78, 5) is 28.3. The van der Waals surface area contributed by atoms with Crippen LogP contribution >= 0.6 is 15.9 Å². The van der Waals surface area contributed by atoms with E-state index in [1.807, 2.05) is 48.5 Å². The van der Waals surface area contributed by atoms with Crippen LogP contribution in [0.4, 0.5) is 5.69 Å². The van der Waals surface area contributed by atoms with Crippen molar-refractivity contribution in [1.82, 2.24) is 10.3 Å². The highest BCUT2D eigenvalue weighted by atomic mass is 79.9. The second-order valence-electron chi connectivity index (χ2n) is 6.30. The Labute approximate surface area is 172 Å². The van der Waals surface area contributed by atoms with Gasteiger partial charge in [0.15, 0.2) is 0 Å². The standard InChI is InChI=1S/C22H20BrN3O2/c23-19-9-6-16(7-10-19)8-11-21(27)25-14-17-3-1-5-20(13-17)26-22(28)18-4-2-12-24-15-18/h1-7,9-10,12-13,15H,8,11,14H2,(H,25,27)(H,26,28). The number of carbonyl (C=O) groups excluding carboxylic acids is 2. The highest BCUT2D eigenvalue weighted by Crippen LogP contribution is 2.13. The molecular weight excluding hydrogens is 418 g/mol. The Hall–Kier alpha value is -2.99. The van der Waals surface area contributed by atoms with Crippen LogP contribution in [0.5, 0.6) is 0 Å². The maximum atomic E-state index is 12.2. The predicted octanol–water partition coefficient (Wildman–Crippen LogP) is 4.35. The van der Waals surface area contributed by atoms with Crippen LogP contribution in [0.25, 0.3) is 0 Å². The number of nitrogens with one attached hydrogen (secondary N) is 2. The lowest BCUT2D eigenvalue weighted by molar-refractivity contribution is -0.121. The molecule has 0 spiro atoms. The molecule has 0 saturated carbocycles. The van der Waals surface area contributed by atoms with E-state index in [9.17, 15) is 9.59 Å². The number of benzene rings is 2. The molecule has 3 aromatic rings. The van der Waals surface area contributed by atoms with E-state index < -0.39 is 0 Å². The van der Waals surface area contributed by atoms with Gasteiger partial charge >= 0.3 is 0 Å². The summed E-state index contributed by atoms with van der Waals surface area (Å²) < 4.78 is 1.02. The van der Waals surface area contributed by atoms with E-state index in [4.69, 9.17) is 0 Å². The Bertz CT molecular complexity index is 944. The first-order valence-corrected chi connectivity index (χ1v) is 9.71. The molecular formula is C22H20BrN3O2. The largest absolute Gasteiger partial charge is 0.352 e. The third-order valence-electron chi connectivity index (χ3n) is 4.15. The fourth-order valence-corrected chi connectivity index (χ4v) is 2.92. The van der Waals surface area contributed by atoms with Crippen molar-refractivity contribution >= 4 is 33.4 Å². The number of halogens is 1. The number of nitrogens with zero attached hydrogens (tertiary/aromatic N) is 1. The molecule has 0 bridgehead atoms. The van der Waals surface area contributed by atoms with E-state index in [1.54, 1.807) is 18.3 Å². The molecule has 0 saturated heterocycles. The quantitative estimate of drug-likeness (QED) is 0.577. The van der Waals surface area contributed by atoms with Gasteiger partial charge in [0.2, 0.25) is 5.91 Å². The first-order chi connectivity index (χ1) is 13.6. The van der Waals surface area contributed by atoms with E-state index in [2.05, 4.69) is 31.5 Å². The number of anilines is 1. The maximum absolute atomic E-state index is 12.2. The molecule has 0 unspecified atom stereocenters. The van der Waals surface area contributed by atoms with Crippen molar-refractivity contribution < 1.29 is 9.59 Å². The number of hydrogen-bond acceptors (Lipinski definition) is 3. The Morgan fingerprint density at radius 2 is 1.79 bits per heavy atom. The molecule has 0 atom stereocenters. The summed E-state index contributed by atoms with van der Waals surface area (Å²) in [5.74, 6) is -0.225. The summed E-state index contributed by atoms with van der Waals surface area (Å²) in [5, 5.41) is 5.76. The number of aryl methyl sites for hydroxylation is 1. The molecule has 3 rings (SSSR count). The predicted molar refractivity (Wildman–Crippen MR) is 113 cm³/mol. The molecule has 1 heterocycles. The second-order valence-corrected chi connectivity index (χ2v) is 7.22. The van der Waals surface area contributed by atoms with Gasteiger partial charge in [0.1, 0.15) is 0 Å². The third kappa shape index (κ3) is 6.03. The maximum Gasteiger partial charge on any atom is 0.257 e. The van der Waals surface area contributed by atoms with Gasteiger partial charge in [-0.3, -0.25) is 14.6 Å². The molecule has 0 radical (unpaired) electrons. The van der Waals surface area contributed by atoms with E-state index in [0.717, 1.165) is 15.6 Å². The van der Waals surface area contributed by atoms with Crippen LogP contribution in [0, 0.1) is 0 Å². The van der Waals surface area contributed by atoms with Crippen LogP contribution in [0.2, 0.25) is 0 Å². The molecule has 0 aliphatic carbocycles. The van der Waals surface area contributed by atoms with Crippen LogP contribution in [-0.4, -0.2) is 16.8 Å². The van der Waals surface area contributed by atoms with Gasteiger partial charge < -0.3 is 10.6 Å². The normalized spacial score (nSPS) is 10.3. The summed E-state index contributed by atoms with van der Waals surface area (Å²) in [5.41, 5.74) is 3.21. The summed E-state index contributed by atoms with van der Waals surface area (Å²) in [6.45, 7) is 0.412. The monoisotopic (exact) mass is 437 g/mol. The first kappa shape index (κ1) is 19.8. The van der Waals surface area contributed by atoms with Crippen molar-refractivity contribution in [3.8, 4) is 0 Å². The van der Waals surface area contributed by atoms with Crippen LogP contribution < -0.4 is 10.6 Å². The van der Waals surface area contributed by atoms with Gasteiger partial charge in [-0.2, -0.15) is 0 Å². The van der Waals surface area contributed by atoms with Gasteiger partial charge in [-0.15, -0.1) is 0 Å². The number of aromatic nitrogens is 1. The Balaban J connectivity index is 1.49. The zero-order chi connectivity index (χ0) is 19.8. The zero-order valence-electron chi connectivity index (χ0n) is 15.2. The Morgan fingerprint density at radius 3 is 2.54 bits per heavy atom. The van der Waals surface area contributed by atoms with Crippen LogP contribution in [0.3, 0.4) is 0 Å². The lowest BCUT2D eigenvalue weighted by atomic mass is 10.1. The summed E-state index contributed by atoms with van der Waals surface area (Å²) in [6.07, 6.45) is 4.26. The van der Waals surface area contributed by atoms with E-state index in [-0.39, 0.29) is 11.8 Å². The lowest BCUT2D eigenvalue weighted by Crippen LogP contribution is -2.23. The molecule has 0 fully saturated rings. The van der Waals surface area contributed by atoms with Crippen LogP contribution in [0.1, 0.15) is 27.9 Å². The number of rotatable bonds is 7. The minimum absolute atomic E-state index is 0.00674. The lowest BCUT2D eigenvalue weighted by Gasteiger charge is -2.09. The van der Waals surface area contributed by atoms with Crippen LogP contribution in [-0.2, 0) is 17.8 Å². The zero-order valence-corrected chi connectivity index (χ0v) is 16.8. The van der Waals surface area contributed by atoms with Crippen LogP contribution in [0.15, 0.2) is 77.5 Å². The number of hydrogen-bond donors (Lipinski definition) is 2. The summed E-state index contributed by atoms with van der Waals surface area (Å²) in [6, 6.07) is 18.8. The minimum Gasteiger partial charge on any atom is -0.352 e. The van der Waals surface area contributed by atoms with Crippen molar-refractivity contribution in [3.05, 3.63) is 94.2 Å². The smallest absolute Gasteiger partial charge is 0.257 e. The Kier molecular flexibility index (Phi) is 6.92. The first-order valence-electron chi connectivity index (χ1n) is 8.91. The van der Waals surface area contributed by atoms with Gasteiger partial charge in [0.25, 0.3) is 5.91 Å². The van der Waals surface area contributed by atoms with Gasteiger partial charge in [0, 0.05) is 35.5 Å². The molecule has 2 aromatic carbocycles. The molecule has 142 valence electrons. The fourth-order valence-electron chi connectivity index (χ4n) is 2.66. The molecule has 28 heavy (non-hydrogen) atoms. The third-order valence-corrected chi connectivity index (χ3v) is 4.68. The number of amides is 2. The number of carbonyl (C=O) groups is 2. The Morgan fingerprint density at radius 1 is 0.964 bits per heavy atom. The second kappa shape index (κ2) is 9.80. The van der Waals surface area contributed by atoms with E-state index in [0.29, 0.717) is 30.6 Å². The summed E-state index contributed by atoms with van der Waals surface area (Å²) >= 11 is 3.40. The SMILES string of the molecule is O=C(CCc1ccc(Br)cc1)NCc1cccc(NC(=O)c2cccnc2)c1. The highest BCUT2D eigenvalue weighted by molar-refractivity contribution is 9.10. The minimum atomic E-state index is -0.219. The highest BCUT2D eigenvalue weighted by Gasteiger charge is 2.07. The molecule has 6 heteroatoms. The topological polar surface area (TPSA) is 71.1 Å². The van der Waals surface area contributed by atoms with E-state index in [1.165, 1.54) is 6.20 Å². The van der Waals surface area contributed by atoms with Crippen molar-refractivity contribution in [2.24, 2.45) is 0 Å². The molecule has 0 aliphatic rings.